The normalized spacial score (nSPS) is 14.6. The van der Waals surface area contributed by atoms with Crippen molar-refractivity contribution in [2.45, 2.75) is 51.6 Å². The Labute approximate surface area is 190 Å². The second-order valence-corrected chi connectivity index (χ2v) is 8.64. The smallest absolute Gasteiger partial charge is 0.341 e. The molecule has 4 aromatic rings. The van der Waals surface area contributed by atoms with Crippen LogP contribution in [0.3, 0.4) is 0 Å². The third-order valence-electron chi connectivity index (χ3n) is 6.38. The molecule has 170 valence electrons. The standard InChI is InChI=1S/C24H26N6O3/c1-16-10-12-17(13-11-16)21-25-23(33-27-21)19-9-6-14-29-22(19)26-30(24(29)32)15-20(31)28(2)18-7-4-3-5-8-18/h6,9-14,18H,3-5,7-8,15H2,1-2H3. The molecule has 1 aromatic carbocycles. The molecule has 0 N–H and O–H groups in total. The number of pyridine rings is 1. The molecule has 0 spiro atoms. The summed E-state index contributed by atoms with van der Waals surface area (Å²) in [5.74, 6) is 0.602. The van der Waals surface area contributed by atoms with E-state index >= 15 is 0 Å². The van der Waals surface area contributed by atoms with Crippen LogP contribution in [0.5, 0.6) is 0 Å². The van der Waals surface area contributed by atoms with Gasteiger partial charge in [0.25, 0.3) is 5.89 Å². The summed E-state index contributed by atoms with van der Waals surface area (Å²) in [4.78, 5) is 32.1. The zero-order valence-corrected chi connectivity index (χ0v) is 18.8. The number of amides is 1. The molecule has 0 unspecified atom stereocenters. The molecule has 1 amide bonds. The van der Waals surface area contributed by atoms with Gasteiger partial charge in [-0.25, -0.2) is 13.9 Å². The van der Waals surface area contributed by atoms with Gasteiger partial charge in [0, 0.05) is 24.8 Å². The number of aryl methyl sites for hydroxylation is 1. The summed E-state index contributed by atoms with van der Waals surface area (Å²) in [5.41, 5.74) is 2.50. The number of fused-ring (bicyclic) bond motifs is 1. The van der Waals surface area contributed by atoms with Crippen LogP contribution in [0.4, 0.5) is 0 Å². The van der Waals surface area contributed by atoms with Gasteiger partial charge >= 0.3 is 5.69 Å². The van der Waals surface area contributed by atoms with Crippen molar-refractivity contribution in [2.75, 3.05) is 7.05 Å². The second kappa shape index (κ2) is 8.65. The molecule has 3 heterocycles. The SMILES string of the molecule is Cc1ccc(-c2noc(-c3cccn4c(=O)n(CC(=O)N(C)C5CCCCC5)nc34)n2)cc1. The number of benzene rings is 1. The number of carbonyl (C=O) groups excluding carboxylic acids is 1. The molecule has 0 bridgehead atoms. The number of aromatic nitrogens is 5. The minimum Gasteiger partial charge on any atom is -0.341 e. The number of hydrogen-bond donors (Lipinski definition) is 0. The molecular weight excluding hydrogens is 420 g/mol. The van der Waals surface area contributed by atoms with Gasteiger partial charge in [-0.1, -0.05) is 54.2 Å². The summed E-state index contributed by atoms with van der Waals surface area (Å²) in [5, 5.41) is 8.52. The van der Waals surface area contributed by atoms with E-state index in [1.165, 1.54) is 15.5 Å². The summed E-state index contributed by atoms with van der Waals surface area (Å²) in [7, 11) is 1.82. The largest absolute Gasteiger partial charge is 0.350 e. The average Bonchev–Trinajstić information content (AvgIpc) is 3.45. The van der Waals surface area contributed by atoms with Crippen molar-refractivity contribution >= 4 is 11.6 Å². The average molecular weight is 447 g/mol. The molecule has 0 radical (unpaired) electrons. The van der Waals surface area contributed by atoms with E-state index in [1.807, 2.05) is 38.2 Å². The van der Waals surface area contributed by atoms with Gasteiger partial charge in [0.1, 0.15) is 6.54 Å². The first kappa shape index (κ1) is 21.1. The molecule has 1 aliphatic rings. The maximum Gasteiger partial charge on any atom is 0.350 e. The lowest BCUT2D eigenvalue weighted by atomic mass is 9.94. The molecule has 33 heavy (non-hydrogen) atoms. The van der Waals surface area contributed by atoms with Gasteiger partial charge in [-0.3, -0.25) is 4.79 Å². The van der Waals surface area contributed by atoms with Gasteiger partial charge in [0.2, 0.25) is 11.7 Å². The highest BCUT2D eigenvalue weighted by molar-refractivity contribution is 5.76. The summed E-state index contributed by atoms with van der Waals surface area (Å²) in [6.45, 7) is 1.91. The molecule has 9 nitrogen and oxygen atoms in total. The fraction of sp³-hybridized carbons (Fsp3) is 0.375. The second-order valence-electron chi connectivity index (χ2n) is 8.64. The number of likely N-dealkylation sites (N-methyl/N-ethyl adjacent to an activating group) is 1. The van der Waals surface area contributed by atoms with E-state index in [9.17, 15) is 9.59 Å². The molecule has 5 rings (SSSR count). The van der Waals surface area contributed by atoms with Crippen molar-refractivity contribution in [1.29, 1.82) is 0 Å². The highest BCUT2D eigenvalue weighted by Gasteiger charge is 2.24. The van der Waals surface area contributed by atoms with Crippen molar-refractivity contribution < 1.29 is 9.32 Å². The van der Waals surface area contributed by atoms with E-state index in [4.69, 9.17) is 4.52 Å². The maximum absolute atomic E-state index is 12.9. The van der Waals surface area contributed by atoms with Crippen LogP contribution in [0, 0.1) is 6.92 Å². The summed E-state index contributed by atoms with van der Waals surface area (Å²) < 4.78 is 8.10. The first-order chi connectivity index (χ1) is 16.0. The van der Waals surface area contributed by atoms with E-state index < -0.39 is 0 Å². The van der Waals surface area contributed by atoms with Gasteiger partial charge in [-0.05, 0) is 31.9 Å². The lowest BCUT2D eigenvalue weighted by molar-refractivity contribution is -0.133. The predicted molar refractivity (Wildman–Crippen MR) is 123 cm³/mol. The molecule has 1 aliphatic carbocycles. The van der Waals surface area contributed by atoms with Crippen LogP contribution in [-0.4, -0.2) is 48.2 Å². The van der Waals surface area contributed by atoms with Crippen LogP contribution < -0.4 is 5.69 Å². The number of nitrogens with zero attached hydrogens (tertiary/aromatic N) is 6. The summed E-state index contributed by atoms with van der Waals surface area (Å²) >= 11 is 0. The Bertz CT molecular complexity index is 1340. The monoisotopic (exact) mass is 446 g/mol. The number of rotatable bonds is 5. The molecule has 0 aliphatic heterocycles. The van der Waals surface area contributed by atoms with Crippen molar-refractivity contribution in [3.63, 3.8) is 0 Å². The van der Waals surface area contributed by atoms with E-state index in [-0.39, 0.29) is 30.1 Å². The zero-order chi connectivity index (χ0) is 22.9. The highest BCUT2D eigenvalue weighted by Crippen LogP contribution is 2.25. The Morgan fingerprint density at radius 3 is 2.67 bits per heavy atom. The summed E-state index contributed by atoms with van der Waals surface area (Å²) in [6, 6.07) is 11.5. The van der Waals surface area contributed by atoms with Crippen LogP contribution in [0.1, 0.15) is 37.7 Å². The third-order valence-corrected chi connectivity index (χ3v) is 6.38. The van der Waals surface area contributed by atoms with E-state index in [0.29, 0.717) is 17.0 Å². The lowest BCUT2D eigenvalue weighted by Crippen LogP contribution is -2.41. The highest BCUT2D eigenvalue weighted by atomic mass is 16.5. The minimum absolute atomic E-state index is 0.106. The fourth-order valence-corrected chi connectivity index (χ4v) is 4.37. The van der Waals surface area contributed by atoms with Crippen LogP contribution in [0.2, 0.25) is 0 Å². The van der Waals surface area contributed by atoms with E-state index in [1.54, 1.807) is 23.2 Å². The molecule has 1 saturated carbocycles. The van der Waals surface area contributed by atoms with Gasteiger partial charge in [-0.2, -0.15) is 4.98 Å². The third kappa shape index (κ3) is 4.06. The van der Waals surface area contributed by atoms with Crippen LogP contribution in [0.15, 0.2) is 51.9 Å². The van der Waals surface area contributed by atoms with Gasteiger partial charge < -0.3 is 9.42 Å². The van der Waals surface area contributed by atoms with Crippen LogP contribution in [-0.2, 0) is 11.3 Å². The Hall–Kier alpha value is -3.75. The molecule has 3 aromatic heterocycles. The van der Waals surface area contributed by atoms with Gasteiger partial charge in [-0.15, -0.1) is 5.10 Å². The first-order valence-electron chi connectivity index (χ1n) is 11.3. The Kier molecular flexibility index (Phi) is 5.53. The molecule has 9 heteroatoms. The quantitative estimate of drug-likeness (QED) is 0.466. The first-order valence-corrected chi connectivity index (χ1v) is 11.3. The molecule has 1 fully saturated rings. The molecule has 0 saturated heterocycles. The predicted octanol–water partition coefficient (Wildman–Crippen LogP) is 3.31. The Morgan fingerprint density at radius 2 is 1.91 bits per heavy atom. The molecule has 0 atom stereocenters. The van der Waals surface area contributed by atoms with E-state index in [2.05, 4.69) is 15.2 Å². The summed E-state index contributed by atoms with van der Waals surface area (Å²) in [6.07, 6.45) is 7.12. The maximum atomic E-state index is 12.9. The van der Waals surface area contributed by atoms with Crippen LogP contribution in [0.25, 0.3) is 28.5 Å². The topological polar surface area (TPSA) is 98.5 Å². The van der Waals surface area contributed by atoms with Crippen molar-refractivity contribution in [3.05, 3.63) is 58.6 Å². The Morgan fingerprint density at radius 1 is 1.15 bits per heavy atom. The number of carbonyl (C=O) groups is 1. The lowest BCUT2D eigenvalue weighted by Gasteiger charge is -2.31. The fourth-order valence-electron chi connectivity index (χ4n) is 4.37. The molecular formula is C24H26N6O3. The van der Waals surface area contributed by atoms with E-state index in [0.717, 1.165) is 36.8 Å². The zero-order valence-electron chi connectivity index (χ0n) is 18.8. The van der Waals surface area contributed by atoms with Gasteiger partial charge in [0.05, 0.1) is 5.56 Å². The minimum atomic E-state index is -0.379. The van der Waals surface area contributed by atoms with Crippen LogP contribution >= 0.6 is 0 Å². The van der Waals surface area contributed by atoms with Crippen molar-refractivity contribution in [2.24, 2.45) is 0 Å². The van der Waals surface area contributed by atoms with Crippen molar-refractivity contribution in [1.82, 2.24) is 29.2 Å². The van der Waals surface area contributed by atoms with Crippen molar-refractivity contribution in [3.8, 4) is 22.8 Å². The number of hydrogen-bond acceptors (Lipinski definition) is 6. The Balaban J connectivity index is 1.44. The van der Waals surface area contributed by atoms with Gasteiger partial charge in [0.15, 0.2) is 5.65 Å².